The summed E-state index contributed by atoms with van der Waals surface area (Å²) in [7, 11) is -3.49. The molecule has 0 unspecified atom stereocenters. The highest BCUT2D eigenvalue weighted by molar-refractivity contribution is 7.89. The first-order valence-electron chi connectivity index (χ1n) is 7.97. The molecule has 128 valence electrons. The Kier molecular flexibility index (Phi) is 3.52. The van der Waals surface area contributed by atoms with Crippen LogP contribution in [0.2, 0.25) is 0 Å². The Hall–Kier alpha value is -1.77. The first kappa shape index (κ1) is 15.7. The molecule has 1 aliphatic heterocycles. The highest BCUT2D eigenvalue weighted by Crippen LogP contribution is 2.35. The Labute approximate surface area is 140 Å². The van der Waals surface area contributed by atoms with E-state index in [4.69, 9.17) is 4.52 Å². The molecule has 1 saturated heterocycles. The molecule has 2 aromatic rings. The zero-order valence-corrected chi connectivity index (χ0v) is 14.2. The van der Waals surface area contributed by atoms with E-state index in [1.165, 1.54) is 4.31 Å². The van der Waals surface area contributed by atoms with Crippen molar-refractivity contribution in [2.24, 2.45) is 0 Å². The van der Waals surface area contributed by atoms with Crippen LogP contribution >= 0.6 is 0 Å². The molecule has 1 aliphatic carbocycles. The molecule has 0 spiro atoms. The molecule has 7 nitrogen and oxygen atoms in total. The van der Waals surface area contributed by atoms with E-state index in [1.807, 2.05) is 24.3 Å². The van der Waals surface area contributed by atoms with E-state index in [0.717, 1.165) is 11.1 Å². The Morgan fingerprint density at radius 1 is 1.29 bits per heavy atom. The zero-order valence-electron chi connectivity index (χ0n) is 13.3. The van der Waals surface area contributed by atoms with Crippen molar-refractivity contribution in [3.8, 4) is 0 Å². The summed E-state index contributed by atoms with van der Waals surface area (Å²) in [5, 5.41) is 13.9. The predicted molar refractivity (Wildman–Crippen MR) is 85.7 cm³/mol. The third-order valence-corrected chi connectivity index (χ3v) is 7.14. The molecule has 2 heterocycles. The number of fused-ring (bicyclic) bond motifs is 1. The highest BCUT2D eigenvalue weighted by atomic mass is 32.2. The number of aryl methyl sites for hydroxylation is 1. The van der Waals surface area contributed by atoms with Crippen molar-refractivity contribution in [3.63, 3.8) is 0 Å². The van der Waals surface area contributed by atoms with Gasteiger partial charge in [-0.25, -0.2) is 8.42 Å². The van der Waals surface area contributed by atoms with Gasteiger partial charge in [-0.3, -0.25) is 0 Å². The lowest BCUT2D eigenvalue weighted by Crippen LogP contribution is -2.40. The van der Waals surface area contributed by atoms with Crippen LogP contribution in [0.5, 0.6) is 0 Å². The van der Waals surface area contributed by atoms with Crippen LogP contribution in [-0.4, -0.2) is 46.3 Å². The minimum absolute atomic E-state index is 0.0379. The topological polar surface area (TPSA) is 96.5 Å². The third-order valence-electron chi connectivity index (χ3n) is 4.93. The number of benzene rings is 1. The number of aromatic nitrogens is 2. The number of hydrogen-bond acceptors (Lipinski definition) is 6. The fourth-order valence-electron chi connectivity index (χ4n) is 3.58. The fraction of sp³-hybridized carbons (Fsp3) is 0.500. The molecule has 1 aromatic heterocycles. The van der Waals surface area contributed by atoms with Gasteiger partial charge in [0.1, 0.15) is 0 Å². The lowest BCUT2D eigenvalue weighted by atomic mass is 10.0. The maximum atomic E-state index is 13.0. The van der Waals surface area contributed by atoms with Crippen LogP contribution in [0, 0.1) is 6.92 Å². The summed E-state index contributed by atoms with van der Waals surface area (Å²) in [6, 6.07) is 7.82. The van der Waals surface area contributed by atoms with Gasteiger partial charge < -0.3 is 9.63 Å². The van der Waals surface area contributed by atoms with Gasteiger partial charge in [-0.2, -0.15) is 9.29 Å². The van der Waals surface area contributed by atoms with Gasteiger partial charge in [0, 0.05) is 13.0 Å². The summed E-state index contributed by atoms with van der Waals surface area (Å²) in [6.07, 6.45) is 1.30. The quantitative estimate of drug-likeness (QED) is 0.879. The van der Waals surface area contributed by atoms with Crippen molar-refractivity contribution in [3.05, 3.63) is 47.1 Å². The maximum absolute atomic E-state index is 13.0. The van der Waals surface area contributed by atoms with E-state index in [0.29, 0.717) is 18.7 Å². The molecule has 1 fully saturated rings. The molecule has 1 N–H and O–H groups in total. The molecule has 24 heavy (non-hydrogen) atoms. The molecule has 1 atom stereocenters. The van der Waals surface area contributed by atoms with Gasteiger partial charge in [-0.1, -0.05) is 29.4 Å². The van der Waals surface area contributed by atoms with Gasteiger partial charge in [0.15, 0.2) is 11.4 Å². The summed E-state index contributed by atoms with van der Waals surface area (Å²) in [6.45, 7) is 1.88. The smallest absolute Gasteiger partial charge is 0.260 e. The van der Waals surface area contributed by atoms with Crippen LogP contribution in [0.25, 0.3) is 0 Å². The number of sulfonamides is 1. The molecule has 4 rings (SSSR count). The van der Waals surface area contributed by atoms with E-state index in [9.17, 15) is 13.5 Å². The molecule has 2 aliphatic rings. The van der Waals surface area contributed by atoms with Crippen LogP contribution in [0.3, 0.4) is 0 Å². The van der Waals surface area contributed by atoms with Gasteiger partial charge in [0.25, 0.3) is 5.89 Å². The number of hydrogen-bond donors (Lipinski definition) is 1. The lowest BCUT2D eigenvalue weighted by molar-refractivity contribution is 0.0193. The van der Waals surface area contributed by atoms with Crippen LogP contribution in [0.4, 0.5) is 0 Å². The van der Waals surface area contributed by atoms with Crippen molar-refractivity contribution in [2.75, 3.05) is 13.1 Å². The Morgan fingerprint density at radius 2 is 1.96 bits per heavy atom. The Balaban J connectivity index is 1.55. The minimum Gasteiger partial charge on any atom is -0.379 e. The monoisotopic (exact) mass is 349 g/mol. The molecule has 0 saturated carbocycles. The molecular weight excluding hydrogens is 330 g/mol. The number of nitrogens with zero attached hydrogens (tertiary/aromatic N) is 3. The number of β-amino-alcohol motifs (C(OH)–C–C–N with tert-alkyl or cyclic N) is 1. The van der Waals surface area contributed by atoms with Crippen molar-refractivity contribution in [2.45, 2.75) is 37.0 Å². The van der Waals surface area contributed by atoms with Gasteiger partial charge in [-0.05, 0) is 30.9 Å². The normalized spacial score (nSPS) is 25.2. The maximum Gasteiger partial charge on any atom is 0.260 e. The first-order valence-corrected chi connectivity index (χ1v) is 9.48. The molecular formula is C16H19N3O4S. The lowest BCUT2D eigenvalue weighted by Gasteiger charge is -2.22. The van der Waals surface area contributed by atoms with Crippen molar-refractivity contribution < 1.29 is 18.0 Å². The first-order chi connectivity index (χ1) is 11.4. The van der Waals surface area contributed by atoms with Crippen LogP contribution in [0.1, 0.15) is 29.3 Å². The number of aliphatic hydroxyl groups is 1. The second-order valence-electron chi connectivity index (χ2n) is 6.61. The summed E-state index contributed by atoms with van der Waals surface area (Å²) >= 11 is 0. The van der Waals surface area contributed by atoms with E-state index in [-0.39, 0.29) is 25.4 Å². The average molecular weight is 349 g/mol. The summed E-state index contributed by atoms with van der Waals surface area (Å²) in [4.78, 5) is 4.06. The van der Waals surface area contributed by atoms with Gasteiger partial charge in [0.2, 0.25) is 10.0 Å². The van der Waals surface area contributed by atoms with Gasteiger partial charge in [-0.15, -0.1) is 0 Å². The second-order valence-corrected chi connectivity index (χ2v) is 8.82. The van der Waals surface area contributed by atoms with E-state index in [2.05, 4.69) is 10.1 Å². The van der Waals surface area contributed by atoms with E-state index < -0.39 is 20.9 Å². The highest BCUT2D eigenvalue weighted by Gasteiger charge is 2.48. The second kappa shape index (κ2) is 5.37. The summed E-state index contributed by atoms with van der Waals surface area (Å²) in [5.74, 6) is 0.512. The predicted octanol–water partition coefficient (Wildman–Crippen LogP) is 0.769. The summed E-state index contributed by atoms with van der Waals surface area (Å²) in [5.41, 5.74) is 0.779. The molecule has 0 amide bonds. The Morgan fingerprint density at radius 3 is 2.54 bits per heavy atom. The summed E-state index contributed by atoms with van der Waals surface area (Å²) < 4.78 is 32.4. The van der Waals surface area contributed by atoms with Crippen molar-refractivity contribution in [1.82, 2.24) is 14.4 Å². The van der Waals surface area contributed by atoms with Crippen LogP contribution in [0.15, 0.2) is 28.8 Å². The van der Waals surface area contributed by atoms with Gasteiger partial charge in [0.05, 0.1) is 11.8 Å². The SMILES string of the molecule is Cc1noc([C@@]2(O)CCN(S(=O)(=O)C3Cc4ccccc4C3)C2)n1. The van der Waals surface area contributed by atoms with Crippen molar-refractivity contribution in [1.29, 1.82) is 0 Å². The van der Waals surface area contributed by atoms with Gasteiger partial charge >= 0.3 is 0 Å². The zero-order chi connectivity index (χ0) is 16.9. The average Bonchev–Trinajstić information content (AvgIpc) is 3.25. The fourth-order valence-corrected chi connectivity index (χ4v) is 5.52. The van der Waals surface area contributed by atoms with E-state index >= 15 is 0 Å². The Bertz CT molecular complexity index is 854. The van der Waals surface area contributed by atoms with Crippen LogP contribution < -0.4 is 0 Å². The molecule has 8 heteroatoms. The van der Waals surface area contributed by atoms with Crippen LogP contribution in [-0.2, 0) is 28.5 Å². The molecule has 0 bridgehead atoms. The van der Waals surface area contributed by atoms with Crippen molar-refractivity contribution >= 4 is 10.0 Å². The molecule has 0 radical (unpaired) electrons. The largest absolute Gasteiger partial charge is 0.379 e. The number of rotatable bonds is 3. The standard InChI is InChI=1S/C16H19N3O4S/c1-11-17-15(23-18-11)16(20)6-7-19(10-16)24(21,22)14-8-12-4-2-3-5-13(12)9-14/h2-5,14,20H,6-10H2,1H3/t16-/m1/s1. The third kappa shape index (κ3) is 2.45. The van der Waals surface area contributed by atoms with E-state index in [1.54, 1.807) is 6.92 Å². The minimum atomic E-state index is -3.49. The molecule has 1 aromatic carbocycles.